The molecule has 1 aromatic carbocycles. The van der Waals surface area contributed by atoms with Crippen molar-refractivity contribution in [3.05, 3.63) is 83.4 Å². The number of methoxy groups -OCH3 is 1. The zero-order chi connectivity index (χ0) is 14.7. The maximum Gasteiger partial charge on any atom is 0.337 e. The van der Waals surface area contributed by atoms with E-state index in [1.807, 2.05) is 36.7 Å². The standard InChI is InChI=1S/C17H16N2O2/c1-21-17(20)13-8-6-12(7-9-13)16(14-4-2-10-18-14)15-5-3-11-19-15/h2-11,16,18-19H,1H3. The van der Waals surface area contributed by atoms with E-state index in [0.717, 1.165) is 17.0 Å². The van der Waals surface area contributed by atoms with Gasteiger partial charge in [0.2, 0.25) is 0 Å². The summed E-state index contributed by atoms with van der Waals surface area (Å²) in [6, 6.07) is 15.6. The zero-order valence-corrected chi connectivity index (χ0v) is 11.7. The second-order valence-electron chi connectivity index (χ2n) is 4.80. The van der Waals surface area contributed by atoms with E-state index in [9.17, 15) is 4.79 Å². The predicted octanol–water partition coefficient (Wildman–Crippen LogP) is 3.31. The van der Waals surface area contributed by atoms with Gasteiger partial charge in [0.05, 0.1) is 18.6 Å². The molecule has 0 saturated carbocycles. The Kier molecular flexibility index (Phi) is 3.60. The van der Waals surface area contributed by atoms with E-state index in [0.29, 0.717) is 5.56 Å². The van der Waals surface area contributed by atoms with Crippen LogP contribution in [-0.4, -0.2) is 23.0 Å². The molecule has 0 aliphatic rings. The Balaban J connectivity index is 1.99. The van der Waals surface area contributed by atoms with Gasteiger partial charge in [-0.3, -0.25) is 0 Å². The molecule has 0 amide bonds. The van der Waals surface area contributed by atoms with E-state index in [1.165, 1.54) is 7.11 Å². The minimum atomic E-state index is -0.321. The van der Waals surface area contributed by atoms with E-state index in [-0.39, 0.29) is 11.9 Å². The first-order valence-corrected chi connectivity index (χ1v) is 6.74. The van der Waals surface area contributed by atoms with Crippen molar-refractivity contribution < 1.29 is 9.53 Å². The molecule has 106 valence electrons. The van der Waals surface area contributed by atoms with Gasteiger partial charge in [-0.25, -0.2) is 4.79 Å². The summed E-state index contributed by atoms with van der Waals surface area (Å²) in [4.78, 5) is 18.0. The third-order valence-corrected chi connectivity index (χ3v) is 3.53. The van der Waals surface area contributed by atoms with Crippen LogP contribution < -0.4 is 0 Å². The van der Waals surface area contributed by atoms with Gasteiger partial charge in [0.15, 0.2) is 0 Å². The maximum absolute atomic E-state index is 11.5. The molecular weight excluding hydrogens is 264 g/mol. The molecule has 0 radical (unpaired) electrons. The lowest BCUT2D eigenvalue weighted by Crippen LogP contribution is -2.06. The summed E-state index contributed by atoms with van der Waals surface area (Å²) in [5.74, 6) is -0.237. The van der Waals surface area contributed by atoms with Crippen molar-refractivity contribution in [1.29, 1.82) is 0 Å². The summed E-state index contributed by atoms with van der Waals surface area (Å²) in [7, 11) is 1.39. The highest BCUT2D eigenvalue weighted by molar-refractivity contribution is 5.89. The number of hydrogen-bond acceptors (Lipinski definition) is 2. The minimum absolute atomic E-state index is 0.0849. The number of esters is 1. The number of aromatic amines is 2. The summed E-state index contributed by atoms with van der Waals surface area (Å²) in [5.41, 5.74) is 3.86. The monoisotopic (exact) mass is 280 g/mol. The van der Waals surface area contributed by atoms with Crippen molar-refractivity contribution in [3.8, 4) is 0 Å². The van der Waals surface area contributed by atoms with Crippen LogP contribution in [0.5, 0.6) is 0 Å². The third-order valence-electron chi connectivity index (χ3n) is 3.53. The van der Waals surface area contributed by atoms with Gasteiger partial charge in [0.25, 0.3) is 0 Å². The van der Waals surface area contributed by atoms with Gasteiger partial charge in [-0.2, -0.15) is 0 Å². The lowest BCUT2D eigenvalue weighted by atomic mass is 9.92. The van der Waals surface area contributed by atoms with E-state index >= 15 is 0 Å². The Labute approximate surface area is 122 Å². The van der Waals surface area contributed by atoms with Crippen molar-refractivity contribution in [2.45, 2.75) is 5.92 Å². The fourth-order valence-corrected chi connectivity index (χ4v) is 2.50. The molecule has 0 unspecified atom stereocenters. The van der Waals surface area contributed by atoms with E-state index in [1.54, 1.807) is 12.1 Å². The lowest BCUT2D eigenvalue weighted by molar-refractivity contribution is 0.0600. The third kappa shape index (κ3) is 2.60. The van der Waals surface area contributed by atoms with Crippen molar-refractivity contribution >= 4 is 5.97 Å². The highest BCUT2D eigenvalue weighted by Gasteiger charge is 2.18. The highest BCUT2D eigenvalue weighted by Crippen LogP contribution is 2.29. The van der Waals surface area contributed by atoms with Crippen LogP contribution in [0.15, 0.2) is 60.9 Å². The van der Waals surface area contributed by atoms with E-state index in [4.69, 9.17) is 4.74 Å². The topological polar surface area (TPSA) is 57.9 Å². The molecule has 0 saturated heterocycles. The summed E-state index contributed by atoms with van der Waals surface area (Å²) in [6.07, 6.45) is 3.82. The van der Waals surface area contributed by atoms with Gasteiger partial charge in [-0.05, 0) is 42.0 Å². The van der Waals surface area contributed by atoms with Crippen molar-refractivity contribution in [1.82, 2.24) is 9.97 Å². The van der Waals surface area contributed by atoms with Gasteiger partial charge in [-0.15, -0.1) is 0 Å². The van der Waals surface area contributed by atoms with Gasteiger partial charge >= 0.3 is 5.97 Å². The molecule has 3 aromatic rings. The van der Waals surface area contributed by atoms with Crippen LogP contribution >= 0.6 is 0 Å². The molecule has 0 aliphatic carbocycles. The molecular formula is C17H16N2O2. The van der Waals surface area contributed by atoms with E-state index in [2.05, 4.69) is 22.1 Å². The van der Waals surface area contributed by atoms with Crippen LogP contribution in [-0.2, 0) is 4.74 Å². The highest BCUT2D eigenvalue weighted by atomic mass is 16.5. The number of carbonyl (C=O) groups is 1. The van der Waals surface area contributed by atoms with Crippen LogP contribution in [0.1, 0.15) is 33.2 Å². The molecule has 0 bridgehead atoms. The SMILES string of the molecule is COC(=O)c1ccc(C(c2ccc[nH]2)c2ccc[nH]2)cc1. The second-order valence-corrected chi connectivity index (χ2v) is 4.80. The van der Waals surface area contributed by atoms with Crippen LogP contribution in [0, 0.1) is 0 Å². The number of aromatic nitrogens is 2. The molecule has 2 N–H and O–H groups in total. The second kappa shape index (κ2) is 5.71. The summed E-state index contributed by atoms with van der Waals surface area (Å²) >= 11 is 0. The minimum Gasteiger partial charge on any atom is -0.465 e. The molecule has 4 heteroatoms. The Bertz CT molecular complexity index is 664. The van der Waals surface area contributed by atoms with Crippen molar-refractivity contribution in [2.24, 2.45) is 0 Å². The normalized spacial score (nSPS) is 10.8. The first-order valence-electron chi connectivity index (χ1n) is 6.74. The van der Waals surface area contributed by atoms with Gasteiger partial charge < -0.3 is 14.7 Å². The van der Waals surface area contributed by atoms with Crippen LogP contribution in [0.3, 0.4) is 0 Å². The smallest absolute Gasteiger partial charge is 0.337 e. The molecule has 0 atom stereocenters. The fraction of sp³-hybridized carbons (Fsp3) is 0.118. The maximum atomic E-state index is 11.5. The number of carbonyl (C=O) groups excluding carboxylic acids is 1. The predicted molar refractivity (Wildman–Crippen MR) is 80.3 cm³/mol. The van der Waals surface area contributed by atoms with Crippen molar-refractivity contribution in [2.75, 3.05) is 7.11 Å². The molecule has 0 aliphatic heterocycles. The van der Waals surface area contributed by atoms with Gasteiger partial charge in [0, 0.05) is 23.8 Å². The average Bonchev–Trinajstić information content (AvgIpc) is 3.21. The number of hydrogen-bond donors (Lipinski definition) is 2. The summed E-state index contributed by atoms with van der Waals surface area (Å²) in [5, 5.41) is 0. The Hall–Kier alpha value is -2.75. The summed E-state index contributed by atoms with van der Waals surface area (Å²) < 4.78 is 4.73. The number of benzene rings is 1. The largest absolute Gasteiger partial charge is 0.465 e. The zero-order valence-electron chi connectivity index (χ0n) is 11.7. The molecule has 4 nitrogen and oxygen atoms in total. The number of nitrogens with one attached hydrogen (secondary N) is 2. The number of H-pyrrole nitrogens is 2. The fourth-order valence-electron chi connectivity index (χ4n) is 2.50. The first-order chi connectivity index (χ1) is 10.3. The van der Waals surface area contributed by atoms with E-state index < -0.39 is 0 Å². The van der Waals surface area contributed by atoms with Crippen LogP contribution in [0.4, 0.5) is 0 Å². The lowest BCUT2D eigenvalue weighted by Gasteiger charge is -2.15. The molecule has 0 fully saturated rings. The molecule has 2 heterocycles. The molecule has 3 rings (SSSR count). The number of rotatable bonds is 4. The van der Waals surface area contributed by atoms with Crippen LogP contribution in [0.25, 0.3) is 0 Å². The first kappa shape index (κ1) is 13.2. The quantitative estimate of drug-likeness (QED) is 0.720. The average molecular weight is 280 g/mol. The molecule has 21 heavy (non-hydrogen) atoms. The molecule has 0 spiro atoms. The summed E-state index contributed by atoms with van der Waals surface area (Å²) in [6.45, 7) is 0. The Morgan fingerprint density at radius 1 is 0.952 bits per heavy atom. The Morgan fingerprint density at radius 3 is 1.95 bits per heavy atom. The van der Waals surface area contributed by atoms with Crippen molar-refractivity contribution in [3.63, 3.8) is 0 Å². The van der Waals surface area contributed by atoms with Crippen LogP contribution in [0.2, 0.25) is 0 Å². The molecule has 2 aromatic heterocycles. The number of ether oxygens (including phenoxy) is 1. The van der Waals surface area contributed by atoms with Gasteiger partial charge in [0.1, 0.15) is 0 Å². The Morgan fingerprint density at radius 2 is 1.52 bits per heavy atom. The van der Waals surface area contributed by atoms with Gasteiger partial charge in [-0.1, -0.05) is 12.1 Å².